The van der Waals surface area contributed by atoms with Crippen LogP contribution in [-0.2, 0) is 9.53 Å². The summed E-state index contributed by atoms with van der Waals surface area (Å²) in [5.41, 5.74) is 0. The number of hydrogen-bond donors (Lipinski definition) is 0. The Bertz CT molecular complexity index is 263. The molecule has 1 fully saturated rings. The van der Waals surface area contributed by atoms with Gasteiger partial charge < -0.3 is 9.64 Å². The van der Waals surface area contributed by atoms with Gasteiger partial charge in [0.2, 0.25) is 5.91 Å². The van der Waals surface area contributed by atoms with Crippen molar-refractivity contribution >= 4 is 5.91 Å². The molecule has 0 aromatic rings. The Morgan fingerprint density at radius 2 is 1.89 bits per heavy atom. The van der Waals surface area contributed by atoms with Crippen LogP contribution >= 0.6 is 0 Å². The number of ether oxygens (including phenoxy) is 1. The second-order valence-electron chi connectivity index (χ2n) is 4.58. The maximum atomic E-state index is 11.9. The first-order valence-electron chi connectivity index (χ1n) is 6.38. The van der Waals surface area contributed by atoms with Crippen LogP contribution in [0.15, 0.2) is 0 Å². The van der Waals surface area contributed by atoms with Crippen molar-refractivity contribution in [1.29, 1.82) is 0 Å². The second-order valence-corrected chi connectivity index (χ2v) is 4.58. The van der Waals surface area contributed by atoms with Gasteiger partial charge in [-0.05, 0) is 19.8 Å². The molecule has 1 amide bonds. The minimum atomic E-state index is -4.37. The number of halogens is 3. The van der Waals surface area contributed by atoms with Gasteiger partial charge in [0, 0.05) is 12.6 Å². The van der Waals surface area contributed by atoms with Gasteiger partial charge in [-0.2, -0.15) is 13.2 Å². The molecule has 0 N–H and O–H groups in total. The van der Waals surface area contributed by atoms with Crippen LogP contribution in [-0.4, -0.2) is 42.8 Å². The van der Waals surface area contributed by atoms with Crippen molar-refractivity contribution in [2.24, 2.45) is 0 Å². The zero-order valence-electron chi connectivity index (χ0n) is 10.6. The van der Waals surface area contributed by atoms with Gasteiger partial charge in [0.25, 0.3) is 0 Å². The summed E-state index contributed by atoms with van der Waals surface area (Å²) in [7, 11) is 0. The third-order valence-electron chi connectivity index (χ3n) is 3.17. The summed E-state index contributed by atoms with van der Waals surface area (Å²) in [5.74, 6) is -0.339. The first-order valence-corrected chi connectivity index (χ1v) is 6.38. The van der Waals surface area contributed by atoms with Gasteiger partial charge in [0.1, 0.15) is 13.2 Å². The van der Waals surface area contributed by atoms with Crippen LogP contribution in [0.2, 0.25) is 0 Å². The van der Waals surface area contributed by atoms with E-state index in [2.05, 4.69) is 4.74 Å². The lowest BCUT2D eigenvalue weighted by molar-refractivity contribution is -0.178. The van der Waals surface area contributed by atoms with Crippen molar-refractivity contribution in [2.45, 2.75) is 51.2 Å². The number of alkyl halides is 3. The smallest absolute Gasteiger partial charge is 0.362 e. The minimum Gasteiger partial charge on any atom is -0.362 e. The summed E-state index contributed by atoms with van der Waals surface area (Å²) in [4.78, 5) is 13.4. The Morgan fingerprint density at radius 3 is 2.39 bits per heavy atom. The molecule has 0 saturated heterocycles. The number of amides is 1. The number of likely N-dealkylation sites (N-methyl/N-ethyl adjacent to an activating group) is 1. The van der Waals surface area contributed by atoms with Gasteiger partial charge in [-0.3, -0.25) is 4.79 Å². The van der Waals surface area contributed by atoms with Crippen LogP contribution in [0.4, 0.5) is 13.2 Å². The molecular formula is C12H20F3NO2. The quantitative estimate of drug-likeness (QED) is 0.766. The van der Waals surface area contributed by atoms with Gasteiger partial charge in [-0.15, -0.1) is 0 Å². The Balaban J connectivity index is 2.37. The lowest BCUT2D eigenvalue weighted by Gasteiger charge is -2.33. The molecule has 0 unspecified atom stereocenters. The molecule has 0 heterocycles. The third-order valence-corrected chi connectivity index (χ3v) is 3.17. The maximum absolute atomic E-state index is 11.9. The Labute approximate surface area is 105 Å². The van der Waals surface area contributed by atoms with Crippen LogP contribution in [0.5, 0.6) is 0 Å². The summed E-state index contributed by atoms with van der Waals surface area (Å²) in [6, 6.07) is 0.172. The summed E-state index contributed by atoms with van der Waals surface area (Å²) >= 11 is 0. The van der Waals surface area contributed by atoms with Crippen molar-refractivity contribution in [2.75, 3.05) is 19.8 Å². The first kappa shape index (κ1) is 15.3. The summed E-state index contributed by atoms with van der Waals surface area (Å²) in [6.45, 7) is 0.528. The molecule has 6 heteroatoms. The largest absolute Gasteiger partial charge is 0.411 e. The lowest BCUT2D eigenvalue weighted by Crippen LogP contribution is -2.43. The Kier molecular flexibility index (Phi) is 5.91. The monoisotopic (exact) mass is 267 g/mol. The zero-order valence-corrected chi connectivity index (χ0v) is 10.6. The minimum absolute atomic E-state index is 0.172. The van der Waals surface area contributed by atoms with Crippen LogP contribution < -0.4 is 0 Å². The van der Waals surface area contributed by atoms with E-state index < -0.39 is 19.4 Å². The fourth-order valence-corrected chi connectivity index (χ4v) is 2.37. The Hall–Kier alpha value is -0.780. The molecule has 0 spiro atoms. The van der Waals surface area contributed by atoms with E-state index >= 15 is 0 Å². The molecule has 18 heavy (non-hydrogen) atoms. The number of carbonyl (C=O) groups is 1. The molecule has 106 valence electrons. The van der Waals surface area contributed by atoms with E-state index in [-0.39, 0.29) is 11.9 Å². The maximum Gasteiger partial charge on any atom is 0.411 e. The molecule has 0 aliphatic heterocycles. The third kappa shape index (κ3) is 5.25. The van der Waals surface area contributed by atoms with Crippen LogP contribution in [0.25, 0.3) is 0 Å². The molecule has 0 aromatic heterocycles. The van der Waals surface area contributed by atoms with E-state index in [1.807, 2.05) is 6.92 Å². The predicted molar refractivity (Wildman–Crippen MR) is 61.1 cm³/mol. The summed E-state index contributed by atoms with van der Waals surface area (Å²) < 4.78 is 40.1. The molecule has 0 bridgehead atoms. The van der Waals surface area contributed by atoms with Crippen molar-refractivity contribution in [3.05, 3.63) is 0 Å². The molecule has 0 atom stereocenters. The summed E-state index contributed by atoms with van der Waals surface area (Å²) in [5, 5.41) is 0. The topological polar surface area (TPSA) is 29.5 Å². The normalized spacial score (nSPS) is 17.8. The van der Waals surface area contributed by atoms with Crippen molar-refractivity contribution < 1.29 is 22.7 Å². The molecular weight excluding hydrogens is 247 g/mol. The van der Waals surface area contributed by atoms with Crippen molar-refractivity contribution in [1.82, 2.24) is 4.90 Å². The standard InChI is InChI=1S/C12H20F3NO2/c1-2-16(10-6-4-3-5-7-10)11(17)8-18-9-12(13,14)15/h10H,2-9H2,1H3. The Morgan fingerprint density at radius 1 is 1.28 bits per heavy atom. The first-order chi connectivity index (χ1) is 8.44. The molecule has 1 aliphatic rings. The van der Waals surface area contributed by atoms with E-state index in [0.29, 0.717) is 6.54 Å². The highest BCUT2D eigenvalue weighted by Gasteiger charge is 2.29. The number of carbonyl (C=O) groups excluding carboxylic acids is 1. The van der Waals surface area contributed by atoms with E-state index in [0.717, 1.165) is 25.7 Å². The van der Waals surface area contributed by atoms with E-state index in [4.69, 9.17) is 0 Å². The highest BCUT2D eigenvalue weighted by molar-refractivity contribution is 5.77. The van der Waals surface area contributed by atoms with Crippen molar-refractivity contribution in [3.63, 3.8) is 0 Å². The predicted octanol–water partition coefficient (Wildman–Crippen LogP) is 2.75. The van der Waals surface area contributed by atoms with Gasteiger partial charge >= 0.3 is 6.18 Å². The SMILES string of the molecule is CCN(C(=O)COCC(F)(F)F)C1CCCCC1. The molecule has 1 rings (SSSR count). The fraction of sp³-hybridized carbons (Fsp3) is 0.917. The number of nitrogens with zero attached hydrogens (tertiary/aromatic N) is 1. The van der Waals surface area contributed by atoms with Gasteiger partial charge in [0.05, 0.1) is 0 Å². The highest BCUT2D eigenvalue weighted by Crippen LogP contribution is 2.22. The van der Waals surface area contributed by atoms with Gasteiger partial charge in [0.15, 0.2) is 0 Å². The fourth-order valence-electron chi connectivity index (χ4n) is 2.37. The van der Waals surface area contributed by atoms with Gasteiger partial charge in [-0.1, -0.05) is 19.3 Å². The van der Waals surface area contributed by atoms with E-state index in [9.17, 15) is 18.0 Å². The molecule has 1 aliphatic carbocycles. The lowest BCUT2D eigenvalue weighted by atomic mass is 9.94. The summed E-state index contributed by atoms with van der Waals surface area (Å²) in [6.07, 6.45) is 0.850. The molecule has 0 aromatic carbocycles. The van der Waals surface area contributed by atoms with Crippen LogP contribution in [0, 0.1) is 0 Å². The average molecular weight is 267 g/mol. The highest BCUT2D eigenvalue weighted by atomic mass is 19.4. The van der Waals surface area contributed by atoms with E-state index in [1.165, 1.54) is 6.42 Å². The molecule has 1 saturated carbocycles. The van der Waals surface area contributed by atoms with Crippen LogP contribution in [0.1, 0.15) is 39.0 Å². The zero-order chi connectivity index (χ0) is 13.6. The van der Waals surface area contributed by atoms with Crippen LogP contribution in [0.3, 0.4) is 0 Å². The molecule has 0 radical (unpaired) electrons. The van der Waals surface area contributed by atoms with Crippen molar-refractivity contribution in [3.8, 4) is 0 Å². The second kappa shape index (κ2) is 6.97. The van der Waals surface area contributed by atoms with E-state index in [1.54, 1.807) is 4.90 Å². The number of hydrogen-bond acceptors (Lipinski definition) is 2. The van der Waals surface area contributed by atoms with Gasteiger partial charge in [-0.25, -0.2) is 0 Å². The molecule has 3 nitrogen and oxygen atoms in total. The average Bonchev–Trinajstić information content (AvgIpc) is 2.29. The number of rotatable bonds is 5.